The number of ether oxygens (including phenoxy) is 2. The molecular weight excluding hydrogens is 632 g/mol. The first kappa shape index (κ1) is 36.1. The smallest absolute Gasteiger partial charge is 0.162 e. The number of ketones is 1. The van der Waals surface area contributed by atoms with E-state index in [1.807, 2.05) is 13.8 Å². The first-order chi connectivity index (χ1) is 23.6. The van der Waals surface area contributed by atoms with Crippen LogP contribution in [-0.4, -0.2) is 87.2 Å². The van der Waals surface area contributed by atoms with Gasteiger partial charge in [-0.15, -0.1) is 0 Å². The number of aliphatic hydroxyl groups is 4. The van der Waals surface area contributed by atoms with Crippen molar-refractivity contribution in [3.05, 3.63) is 11.1 Å². The number of piperidine rings is 1. The lowest BCUT2D eigenvalue weighted by Gasteiger charge is -2.63. The van der Waals surface area contributed by atoms with Crippen molar-refractivity contribution in [2.24, 2.45) is 57.5 Å². The zero-order chi connectivity index (χ0) is 35.6. The Balaban J connectivity index is 1.12. The maximum atomic E-state index is 14.3. The van der Waals surface area contributed by atoms with Crippen LogP contribution in [0.1, 0.15) is 125 Å². The number of carbonyl (C=O) groups excluding carboxylic acids is 1. The van der Waals surface area contributed by atoms with Gasteiger partial charge in [0.15, 0.2) is 5.78 Å². The predicted molar refractivity (Wildman–Crippen MR) is 190 cm³/mol. The van der Waals surface area contributed by atoms with Gasteiger partial charge in [0, 0.05) is 23.4 Å². The van der Waals surface area contributed by atoms with Crippen molar-refractivity contribution in [3.63, 3.8) is 0 Å². The molecule has 5 aliphatic carbocycles. The number of fused-ring (bicyclic) bond motifs is 2. The van der Waals surface area contributed by atoms with Crippen LogP contribution in [0.2, 0.25) is 0 Å². The van der Waals surface area contributed by atoms with Crippen molar-refractivity contribution in [2.75, 3.05) is 19.8 Å². The molecule has 9 nitrogen and oxygen atoms in total. The first-order valence-corrected chi connectivity index (χ1v) is 20.4. The van der Waals surface area contributed by atoms with Gasteiger partial charge in [-0.1, -0.05) is 27.7 Å². The number of nitrogens with two attached hydrogens (primary N) is 1. The SMILES string of the molecule is C[C@H]1CCO[C@@]([C@@H]2O[C@@H]2[C@](C)(O)[C@](C)(CO)CCC2CCNC(N)C2)([C@@H]2C[C@H]3CCC4=C5[C@H](CC[C@@]2(C)[C@]53O)[C@]2(C)CC[C@H](O)C[C@H]2C4=O)C1. The van der Waals surface area contributed by atoms with Gasteiger partial charge in [-0.2, -0.15) is 0 Å². The van der Waals surface area contributed by atoms with Crippen molar-refractivity contribution in [1.29, 1.82) is 0 Å². The van der Waals surface area contributed by atoms with Crippen LogP contribution in [0.4, 0.5) is 0 Å². The van der Waals surface area contributed by atoms with Gasteiger partial charge >= 0.3 is 0 Å². The molecule has 0 aromatic carbocycles. The van der Waals surface area contributed by atoms with Crippen molar-refractivity contribution >= 4 is 5.78 Å². The average molecular weight is 699 g/mol. The maximum Gasteiger partial charge on any atom is 0.162 e. The minimum atomic E-state index is -1.29. The number of rotatable bonds is 8. The van der Waals surface area contributed by atoms with Crippen molar-refractivity contribution in [1.82, 2.24) is 5.32 Å². The van der Waals surface area contributed by atoms with Crippen LogP contribution < -0.4 is 11.1 Å². The topological polar surface area (TPSA) is 158 Å². The summed E-state index contributed by atoms with van der Waals surface area (Å²) in [6, 6.07) is 0. The van der Waals surface area contributed by atoms with E-state index < -0.39 is 39.8 Å². The summed E-state index contributed by atoms with van der Waals surface area (Å²) in [4.78, 5) is 14.3. The number of hydrogen-bond acceptors (Lipinski definition) is 9. The summed E-state index contributed by atoms with van der Waals surface area (Å²) in [6.07, 6.45) is 10.2. The highest BCUT2D eigenvalue weighted by Gasteiger charge is 2.78. The van der Waals surface area contributed by atoms with Crippen LogP contribution in [0, 0.1) is 51.8 Å². The minimum absolute atomic E-state index is 0.00299. The molecule has 0 amide bonds. The Kier molecular flexibility index (Phi) is 8.69. The molecule has 3 saturated heterocycles. The van der Waals surface area contributed by atoms with E-state index in [0.29, 0.717) is 44.1 Å². The molecule has 9 heteroatoms. The van der Waals surface area contributed by atoms with Crippen molar-refractivity contribution in [2.45, 2.75) is 166 Å². The summed E-state index contributed by atoms with van der Waals surface area (Å²) in [5.74, 6) is 1.07. The van der Waals surface area contributed by atoms with Gasteiger partial charge in [0.25, 0.3) is 0 Å². The van der Waals surface area contributed by atoms with E-state index >= 15 is 0 Å². The Hall–Kier alpha value is -0.910. The van der Waals surface area contributed by atoms with Crippen LogP contribution in [0.15, 0.2) is 11.1 Å². The Morgan fingerprint density at radius 3 is 2.54 bits per heavy atom. The number of carbonyl (C=O) groups is 1. The van der Waals surface area contributed by atoms with E-state index in [9.17, 15) is 25.2 Å². The molecule has 0 aromatic heterocycles. The van der Waals surface area contributed by atoms with Crippen LogP contribution in [0.5, 0.6) is 0 Å². The molecule has 6 fully saturated rings. The fourth-order valence-corrected chi connectivity index (χ4v) is 13.8. The van der Waals surface area contributed by atoms with Crippen LogP contribution in [0.3, 0.4) is 0 Å². The summed E-state index contributed by atoms with van der Waals surface area (Å²) in [6.45, 7) is 12.1. The molecule has 8 rings (SSSR count). The lowest BCUT2D eigenvalue weighted by atomic mass is 9.42. The van der Waals surface area contributed by atoms with E-state index in [1.54, 1.807) is 0 Å². The highest BCUT2D eigenvalue weighted by Crippen LogP contribution is 2.75. The molecule has 2 unspecified atom stereocenters. The Morgan fingerprint density at radius 2 is 1.82 bits per heavy atom. The fourth-order valence-electron chi connectivity index (χ4n) is 13.8. The molecule has 0 bridgehead atoms. The number of epoxide rings is 1. The molecule has 3 heterocycles. The summed E-state index contributed by atoms with van der Waals surface area (Å²) in [5.41, 5.74) is 3.55. The lowest BCUT2D eigenvalue weighted by Crippen LogP contribution is -2.65. The molecule has 16 atom stereocenters. The second-order valence-electron chi connectivity index (χ2n) is 19.8. The van der Waals surface area contributed by atoms with E-state index in [1.165, 1.54) is 0 Å². The third-order valence-electron chi connectivity index (χ3n) is 17.2. The highest BCUT2D eigenvalue weighted by atomic mass is 16.6. The molecule has 282 valence electrons. The molecule has 0 aromatic rings. The van der Waals surface area contributed by atoms with E-state index in [-0.39, 0.29) is 53.7 Å². The predicted octanol–water partition coefficient (Wildman–Crippen LogP) is 4.38. The van der Waals surface area contributed by atoms with Gasteiger partial charge in [-0.05, 0) is 150 Å². The van der Waals surface area contributed by atoms with E-state index in [0.717, 1.165) is 81.9 Å². The van der Waals surface area contributed by atoms with E-state index in [2.05, 4.69) is 26.1 Å². The largest absolute Gasteiger partial charge is 0.396 e. The molecule has 3 aliphatic heterocycles. The maximum absolute atomic E-state index is 14.3. The van der Waals surface area contributed by atoms with Crippen LogP contribution >= 0.6 is 0 Å². The third kappa shape index (κ3) is 4.89. The number of allylic oxidation sites excluding steroid dienone is 1. The number of Topliss-reactive ketones (excluding diaryl/α,β-unsaturated/α-hetero) is 1. The summed E-state index contributed by atoms with van der Waals surface area (Å²) in [5, 5.41) is 50.8. The van der Waals surface area contributed by atoms with Gasteiger partial charge in [0.2, 0.25) is 0 Å². The molecule has 50 heavy (non-hydrogen) atoms. The van der Waals surface area contributed by atoms with E-state index in [4.69, 9.17) is 15.2 Å². The molecule has 0 radical (unpaired) electrons. The number of nitrogens with one attached hydrogen (secondary N) is 1. The Labute approximate surface area is 299 Å². The lowest BCUT2D eigenvalue weighted by molar-refractivity contribution is -0.197. The number of aliphatic hydroxyl groups excluding tert-OH is 2. The summed E-state index contributed by atoms with van der Waals surface area (Å²) in [7, 11) is 0. The quantitative estimate of drug-likeness (QED) is 0.203. The molecule has 3 saturated carbocycles. The van der Waals surface area contributed by atoms with Gasteiger partial charge in [-0.25, -0.2) is 0 Å². The zero-order valence-electron chi connectivity index (χ0n) is 31.4. The average Bonchev–Trinajstić information content (AvgIpc) is 3.86. The normalized spacial score (nSPS) is 52.5. The second-order valence-corrected chi connectivity index (χ2v) is 19.8. The first-order valence-electron chi connectivity index (χ1n) is 20.4. The Morgan fingerprint density at radius 1 is 1.04 bits per heavy atom. The number of hydrogen-bond donors (Lipinski definition) is 6. The van der Waals surface area contributed by atoms with Crippen molar-refractivity contribution in [3.8, 4) is 0 Å². The minimum Gasteiger partial charge on any atom is -0.396 e. The molecule has 0 spiro atoms. The highest BCUT2D eigenvalue weighted by molar-refractivity contribution is 6.00. The van der Waals surface area contributed by atoms with Crippen molar-refractivity contribution < 1.29 is 34.7 Å². The van der Waals surface area contributed by atoms with Gasteiger partial charge in [0.1, 0.15) is 17.8 Å². The zero-order valence-corrected chi connectivity index (χ0v) is 31.4. The molecular formula is C41H66N2O7. The monoisotopic (exact) mass is 698 g/mol. The summed E-state index contributed by atoms with van der Waals surface area (Å²) < 4.78 is 13.8. The van der Waals surface area contributed by atoms with Gasteiger partial charge < -0.3 is 41.0 Å². The molecule has 7 N–H and O–H groups in total. The fraction of sp³-hybridized carbons (Fsp3) is 0.927. The van der Waals surface area contributed by atoms with Gasteiger partial charge in [0.05, 0.1) is 30.1 Å². The van der Waals surface area contributed by atoms with Gasteiger partial charge in [-0.3, -0.25) is 4.79 Å². The Bertz CT molecular complexity index is 1400. The standard InChI is InChI=1S/C41H66N2O7/c1-23-12-17-49-40(21-23,35-34(50-35)39(5,47)36(2,22-44)13-8-24-11-16-43-31(42)18-24)30-19-25-6-7-27-32-28(10-15-38(30,4)41(25,32)48)37(3)14-9-26(45)20-29(37)33(27)46/h23-26,28-31,34-35,43-45,47-48H,6-22,42H2,1-5H3/t23-,24?,25+,26-,28-,29-,30+,31?,34-,35+,36-,37-,38+,39-,40+,41+/m0/s1. The van der Waals surface area contributed by atoms with Crippen LogP contribution in [-0.2, 0) is 14.3 Å². The molecule has 8 aliphatic rings. The third-order valence-corrected chi connectivity index (χ3v) is 17.2. The second kappa shape index (κ2) is 12.0. The van der Waals surface area contributed by atoms with Crippen LogP contribution in [0.25, 0.3) is 0 Å². The summed E-state index contributed by atoms with van der Waals surface area (Å²) >= 11 is 0.